The minimum absolute atomic E-state index is 0.0796. The zero-order chi connectivity index (χ0) is 81.1. The molecule has 32 nitrogen and oxygen atoms in total. The zero-order valence-electron chi connectivity index (χ0n) is 64.9. The van der Waals surface area contributed by atoms with Gasteiger partial charge in [0.2, 0.25) is 0 Å². The number of ether oxygens (including phenoxy) is 7. The summed E-state index contributed by atoms with van der Waals surface area (Å²) in [6, 6.07) is 22.1. The SMILES string of the molecule is CC#CCBr.CC#CCn1c(N2CCNCC2)cc2ncn(CC(=O)c3cccc(OC)c3)c(=O)c21.COC(=O)c1c(N2CCN(C(=O)OC(C)(C)C)CC2)[nH]c2c(=O)n(CC(=O)c3cccc(OC)c3)cnc12.COC(=O)c1c(N2CCN(C(=O)OC(C)(C)C)CC2)[nH]c2c(=O)n(CC(=O)c3cccc(OC)c3)cnc12. The third-order valence-electron chi connectivity index (χ3n) is 17.9. The van der Waals surface area contributed by atoms with Crippen LogP contribution in [0.5, 0.6) is 17.2 Å². The third-order valence-corrected chi connectivity index (χ3v) is 18.1. The van der Waals surface area contributed by atoms with Crippen LogP contribution in [0.3, 0.4) is 0 Å². The Bertz CT molecular complexity index is 5050. The number of carbonyl (C=O) groups is 7. The highest BCUT2D eigenvalue weighted by Gasteiger charge is 2.34. The van der Waals surface area contributed by atoms with Gasteiger partial charge in [-0.05, 0) is 91.8 Å². The van der Waals surface area contributed by atoms with E-state index >= 15 is 0 Å². The number of piperazine rings is 3. The van der Waals surface area contributed by atoms with Crippen molar-refractivity contribution in [2.75, 3.05) is 134 Å². The van der Waals surface area contributed by atoms with E-state index in [4.69, 9.17) is 33.2 Å². The summed E-state index contributed by atoms with van der Waals surface area (Å²) in [5.41, 5.74) is 0.576. The molecule has 2 amide bonds. The standard InChI is InChI=1S/2C26H31N5O7.C23H25N5O3.C4H5Br/c2*1-26(2,3)38-25(35)30-11-9-29(10-12-30)22-19(24(34)37-5)20-21(28-22)23(33)31(15-27-20)14-18(32)16-7-6-8-17(13-16)36-4;1-3-4-10-28-21(26-11-8-24-9-12-26)14-19-22(28)23(30)27(16-25-19)15-20(29)17-6-5-7-18(13-17)31-2;1-2-3-4-5/h2*6-8,13,15,28H,9-12,14H2,1-5H3;5-7,13-14,16,24H,8-12,15H2,1-2H3;4H2,1H3. The molecule has 3 aromatic carbocycles. The minimum Gasteiger partial charge on any atom is -0.497 e. The Hall–Kier alpha value is -12.2. The number of nitrogens with zero attached hydrogens (tertiary/aromatic N) is 12. The summed E-state index contributed by atoms with van der Waals surface area (Å²) in [5.74, 6) is 12.7. The van der Waals surface area contributed by atoms with E-state index < -0.39 is 46.4 Å². The summed E-state index contributed by atoms with van der Waals surface area (Å²) in [6.45, 7) is 20.7. The number of H-pyrrole nitrogens is 2. The van der Waals surface area contributed by atoms with Gasteiger partial charge >= 0.3 is 24.1 Å². The van der Waals surface area contributed by atoms with Gasteiger partial charge < -0.3 is 77.5 Å². The Balaban J connectivity index is 0.000000188. The van der Waals surface area contributed by atoms with E-state index in [-0.39, 0.29) is 75.7 Å². The Morgan fingerprint density at radius 1 is 0.491 bits per heavy atom. The highest BCUT2D eigenvalue weighted by atomic mass is 79.9. The molecule has 3 fully saturated rings. The van der Waals surface area contributed by atoms with E-state index in [1.54, 1.807) is 138 Å². The maximum Gasteiger partial charge on any atom is 0.410 e. The van der Waals surface area contributed by atoms with Gasteiger partial charge in [-0.1, -0.05) is 64.2 Å². The average molecular weight is 1600 g/mol. The number of hydrogen-bond acceptors (Lipinski definition) is 24. The fourth-order valence-electron chi connectivity index (χ4n) is 12.3. The monoisotopic (exact) mass is 1600 g/mol. The normalized spacial score (nSPS) is 13.5. The summed E-state index contributed by atoms with van der Waals surface area (Å²) < 4.78 is 42.0. The molecule has 9 heterocycles. The van der Waals surface area contributed by atoms with Crippen LogP contribution >= 0.6 is 15.9 Å². The predicted molar refractivity (Wildman–Crippen MR) is 425 cm³/mol. The number of benzene rings is 3. The molecule has 0 spiro atoms. The van der Waals surface area contributed by atoms with E-state index in [2.05, 4.69) is 74.7 Å². The van der Waals surface area contributed by atoms with Gasteiger partial charge in [-0.25, -0.2) is 34.1 Å². The molecule has 3 N–H and O–H groups in total. The number of ketones is 3. The molecule has 3 aliphatic rings. The Morgan fingerprint density at radius 2 is 0.875 bits per heavy atom. The van der Waals surface area contributed by atoms with Crippen LogP contribution in [0, 0.1) is 23.7 Å². The molecule has 0 radical (unpaired) electrons. The molecule has 592 valence electrons. The first-order chi connectivity index (χ1) is 53.6. The molecule has 12 rings (SSSR count). The van der Waals surface area contributed by atoms with E-state index in [9.17, 15) is 47.9 Å². The van der Waals surface area contributed by atoms with Crippen molar-refractivity contribution in [1.82, 2.24) is 58.3 Å². The number of methoxy groups -OCH3 is 5. The topological polar surface area (TPSA) is 354 Å². The van der Waals surface area contributed by atoms with Gasteiger partial charge in [0.1, 0.15) is 84.6 Å². The number of nitrogens with one attached hydrogen (secondary N) is 3. The van der Waals surface area contributed by atoms with Gasteiger partial charge in [0.25, 0.3) is 16.7 Å². The molecule has 0 unspecified atom stereocenters. The number of aromatic amines is 2. The number of rotatable bonds is 18. The second-order valence-electron chi connectivity index (χ2n) is 27.6. The third kappa shape index (κ3) is 20.6. The van der Waals surface area contributed by atoms with Crippen LogP contribution in [0.25, 0.3) is 33.1 Å². The van der Waals surface area contributed by atoms with Crippen LogP contribution in [-0.4, -0.2) is 225 Å². The highest BCUT2D eigenvalue weighted by molar-refractivity contribution is 9.09. The number of fused-ring (bicyclic) bond motifs is 3. The maximum atomic E-state index is 13.3. The number of aromatic nitrogens is 9. The molecule has 33 heteroatoms. The Labute approximate surface area is 654 Å². The van der Waals surface area contributed by atoms with Crippen LogP contribution in [0.4, 0.5) is 27.0 Å². The van der Waals surface area contributed by atoms with Crippen molar-refractivity contribution in [2.24, 2.45) is 0 Å². The van der Waals surface area contributed by atoms with Crippen molar-refractivity contribution >= 4 is 108 Å². The van der Waals surface area contributed by atoms with Crippen LogP contribution < -0.4 is 50.9 Å². The first-order valence-electron chi connectivity index (χ1n) is 35.8. The number of anilines is 3. The summed E-state index contributed by atoms with van der Waals surface area (Å²) in [4.78, 5) is 157. The molecular formula is C79H92BrN15O17. The summed E-state index contributed by atoms with van der Waals surface area (Å²) in [6.07, 6.45) is 3.11. The summed E-state index contributed by atoms with van der Waals surface area (Å²) in [5, 5.41) is 4.14. The lowest BCUT2D eigenvalue weighted by atomic mass is 10.1. The number of halogens is 1. The average Bonchev–Trinajstić information content (AvgIpc) is 1.61. The van der Waals surface area contributed by atoms with E-state index in [1.807, 2.05) is 27.4 Å². The van der Waals surface area contributed by atoms with Crippen LogP contribution in [0.2, 0.25) is 0 Å². The van der Waals surface area contributed by atoms with Gasteiger partial charge in [-0.2, -0.15) is 0 Å². The predicted octanol–water partition coefficient (Wildman–Crippen LogP) is 7.85. The van der Waals surface area contributed by atoms with E-state index in [0.717, 1.165) is 37.3 Å². The fraction of sp³-hybridized carbons (Fsp3) is 0.405. The van der Waals surface area contributed by atoms with Gasteiger partial charge in [0, 0.05) is 101 Å². The lowest BCUT2D eigenvalue weighted by Gasteiger charge is -2.36. The molecule has 3 saturated heterocycles. The van der Waals surface area contributed by atoms with Crippen molar-refractivity contribution in [1.29, 1.82) is 0 Å². The second kappa shape index (κ2) is 37.9. The molecule has 112 heavy (non-hydrogen) atoms. The van der Waals surface area contributed by atoms with Gasteiger partial charge in [0.15, 0.2) is 17.3 Å². The van der Waals surface area contributed by atoms with Crippen molar-refractivity contribution in [3.8, 4) is 40.9 Å². The van der Waals surface area contributed by atoms with Gasteiger partial charge in [-0.3, -0.25) is 42.5 Å². The molecule has 6 aromatic heterocycles. The molecule has 0 aliphatic carbocycles. The zero-order valence-corrected chi connectivity index (χ0v) is 66.5. The minimum atomic E-state index is -0.655. The number of alkyl halides is 1. The molecule has 0 saturated carbocycles. The molecule has 9 aromatic rings. The van der Waals surface area contributed by atoms with E-state index in [0.29, 0.717) is 116 Å². The van der Waals surface area contributed by atoms with Gasteiger partial charge in [0.05, 0.1) is 91.6 Å². The van der Waals surface area contributed by atoms with Crippen LogP contribution in [-0.2, 0) is 45.1 Å². The van der Waals surface area contributed by atoms with Crippen molar-refractivity contribution < 1.29 is 66.7 Å². The smallest absolute Gasteiger partial charge is 0.410 e. The Kier molecular flexibility index (Phi) is 28.4. The summed E-state index contributed by atoms with van der Waals surface area (Å²) in [7, 11) is 7.06. The van der Waals surface area contributed by atoms with Crippen molar-refractivity contribution in [3.63, 3.8) is 0 Å². The first-order valence-corrected chi connectivity index (χ1v) is 37.0. The number of carbonyl (C=O) groups excluding carboxylic acids is 7. The number of Topliss-reactive ketones (excluding diaryl/α,β-unsaturated/α-hetero) is 3. The Morgan fingerprint density at radius 3 is 1.22 bits per heavy atom. The highest BCUT2D eigenvalue weighted by Crippen LogP contribution is 2.31. The maximum absolute atomic E-state index is 13.3. The number of amides is 2. The second-order valence-corrected chi connectivity index (χ2v) is 28.1. The quantitative estimate of drug-likeness (QED) is 0.0242. The molecular weight excluding hydrogens is 1510 g/mol. The lowest BCUT2D eigenvalue weighted by molar-refractivity contribution is 0.0230. The van der Waals surface area contributed by atoms with Crippen molar-refractivity contribution in [3.05, 3.63) is 157 Å². The lowest BCUT2D eigenvalue weighted by Crippen LogP contribution is -2.50. The first kappa shape index (κ1) is 83.8. The summed E-state index contributed by atoms with van der Waals surface area (Å²) >= 11 is 3.14. The molecule has 0 atom stereocenters. The fourth-order valence-corrected chi connectivity index (χ4v) is 12.6. The van der Waals surface area contributed by atoms with Crippen molar-refractivity contribution in [2.45, 2.75) is 92.8 Å². The van der Waals surface area contributed by atoms with E-state index in [1.165, 1.54) is 61.1 Å². The van der Waals surface area contributed by atoms with Crippen LogP contribution in [0.1, 0.15) is 107 Å². The van der Waals surface area contributed by atoms with Crippen LogP contribution in [0.15, 0.2) is 112 Å². The molecule has 0 bridgehead atoms. The number of hydrogen-bond donors (Lipinski definition) is 3. The van der Waals surface area contributed by atoms with Gasteiger partial charge in [-0.15, -0.1) is 11.8 Å². The molecule has 3 aliphatic heterocycles. The largest absolute Gasteiger partial charge is 0.497 e. The number of esters is 2.